The van der Waals surface area contributed by atoms with Crippen LogP contribution in [0.4, 0.5) is 0 Å². The van der Waals surface area contributed by atoms with Gasteiger partial charge >= 0.3 is 5.97 Å². The van der Waals surface area contributed by atoms with Gasteiger partial charge in [-0.1, -0.05) is 30.2 Å². The molecule has 2 aliphatic heterocycles. The number of rotatable bonds is 5. The van der Waals surface area contributed by atoms with Crippen LogP contribution in [0.5, 0.6) is 5.75 Å². The summed E-state index contributed by atoms with van der Waals surface area (Å²) >= 11 is 0. The van der Waals surface area contributed by atoms with Gasteiger partial charge in [0.05, 0.1) is 0 Å². The van der Waals surface area contributed by atoms with Gasteiger partial charge in [0.2, 0.25) is 6.29 Å². The van der Waals surface area contributed by atoms with Crippen LogP contribution in [0, 0.1) is 0 Å². The van der Waals surface area contributed by atoms with Crippen LogP contribution < -0.4 is 4.74 Å². The van der Waals surface area contributed by atoms with Gasteiger partial charge in [0.25, 0.3) is 0 Å². The van der Waals surface area contributed by atoms with Gasteiger partial charge in [0.1, 0.15) is 24.1 Å². The summed E-state index contributed by atoms with van der Waals surface area (Å²) in [4.78, 5) is 13.8. The van der Waals surface area contributed by atoms with Crippen LogP contribution in [0.1, 0.15) is 37.7 Å². The molecule has 1 aliphatic carbocycles. The zero-order valence-electron chi connectivity index (χ0n) is 16.8. The lowest BCUT2D eigenvalue weighted by Gasteiger charge is -2.42. The van der Waals surface area contributed by atoms with Crippen molar-refractivity contribution >= 4 is 12.0 Å². The number of aliphatic hydroxyl groups is 3. The van der Waals surface area contributed by atoms with Crippen LogP contribution in [-0.2, 0) is 9.53 Å². The number of nitrogens with zero attached hydrogens (tertiary/aromatic N) is 1. The zero-order chi connectivity index (χ0) is 21.3. The molecule has 0 unspecified atom stereocenters. The molecular formula is C22H29NO7. The molecule has 8 heteroatoms. The molecule has 8 nitrogen and oxygen atoms in total. The van der Waals surface area contributed by atoms with Crippen LogP contribution >= 0.6 is 0 Å². The third-order valence-corrected chi connectivity index (χ3v) is 6.23. The van der Waals surface area contributed by atoms with Gasteiger partial charge < -0.3 is 29.9 Å². The predicted molar refractivity (Wildman–Crippen MR) is 108 cm³/mol. The van der Waals surface area contributed by atoms with Crippen molar-refractivity contribution in [1.82, 2.24) is 4.90 Å². The third kappa shape index (κ3) is 4.38. The first kappa shape index (κ1) is 21.3. The van der Waals surface area contributed by atoms with Crippen molar-refractivity contribution in [2.75, 3.05) is 13.1 Å². The molecule has 4 N–H and O–H groups in total. The van der Waals surface area contributed by atoms with E-state index in [1.54, 1.807) is 12.1 Å². The molecule has 0 bridgehead atoms. The van der Waals surface area contributed by atoms with Gasteiger partial charge in [0, 0.05) is 6.04 Å². The summed E-state index contributed by atoms with van der Waals surface area (Å²) in [6, 6.07) is 7.77. The Labute approximate surface area is 175 Å². The van der Waals surface area contributed by atoms with E-state index < -0.39 is 36.7 Å². The molecule has 30 heavy (non-hydrogen) atoms. The van der Waals surface area contributed by atoms with E-state index in [-0.39, 0.29) is 0 Å². The Morgan fingerprint density at radius 2 is 1.90 bits per heavy atom. The summed E-state index contributed by atoms with van der Waals surface area (Å²) in [6.45, 7) is 2.31. The van der Waals surface area contributed by atoms with Gasteiger partial charge in [-0.3, -0.25) is 4.90 Å². The topological polar surface area (TPSA) is 120 Å². The first-order chi connectivity index (χ1) is 14.4. The van der Waals surface area contributed by atoms with E-state index in [9.17, 15) is 25.2 Å². The van der Waals surface area contributed by atoms with E-state index in [0.717, 1.165) is 25.1 Å². The number of hydrogen-bond acceptors (Lipinski definition) is 7. The van der Waals surface area contributed by atoms with Gasteiger partial charge in [-0.25, -0.2) is 4.79 Å². The summed E-state index contributed by atoms with van der Waals surface area (Å²) in [6.07, 6.45) is 0.0411. The number of hydrogen-bond donors (Lipinski definition) is 4. The van der Waals surface area contributed by atoms with Gasteiger partial charge in [-0.15, -0.1) is 0 Å². The van der Waals surface area contributed by atoms with Gasteiger partial charge in [0.15, 0.2) is 6.10 Å². The van der Waals surface area contributed by atoms with Crippen molar-refractivity contribution in [2.24, 2.45) is 0 Å². The molecule has 1 saturated carbocycles. The number of carbonyl (C=O) groups is 1. The number of benzene rings is 1. The number of likely N-dealkylation sites (tertiary alicyclic amines) is 1. The molecule has 164 valence electrons. The highest BCUT2D eigenvalue weighted by Gasteiger charge is 2.48. The van der Waals surface area contributed by atoms with Crippen molar-refractivity contribution < 1.29 is 34.7 Å². The van der Waals surface area contributed by atoms with Gasteiger partial charge in [-0.05, 0) is 56.5 Å². The smallest absolute Gasteiger partial charge is 0.335 e. The van der Waals surface area contributed by atoms with E-state index >= 15 is 0 Å². The molecule has 3 aliphatic rings. The quantitative estimate of drug-likeness (QED) is 0.558. The van der Waals surface area contributed by atoms with Crippen LogP contribution in [0.2, 0.25) is 0 Å². The van der Waals surface area contributed by atoms with Gasteiger partial charge in [-0.2, -0.15) is 0 Å². The minimum Gasteiger partial charge on any atom is -0.479 e. The predicted octanol–water partition coefficient (Wildman–Crippen LogP) is 0.989. The maximum atomic E-state index is 11.3. The van der Waals surface area contributed by atoms with Crippen molar-refractivity contribution in [3.05, 3.63) is 35.4 Å². The molecule has 2 saturated heterocycles. The third-order valence-electron chi connectivity index (χ3n) is 6.23. The summed E-state index contributed by atoms with van der Waals surface area (Å²) in [7, 11) is 0. The minimum atomic E-state index is -1.74. The maximum absolute atomic E-state index is 11.3. The monoisotopic (exact) mass is 419 g/mol. The average Bonchev–Trinajstić information content (AvgIpc) is 2.68. The molecule has 0 radical (unpaired) electrons. The molecular weight excluding hydrogens is 390 g/mol. The second-order valence-corrected chi connectivity index (χ2v) is 8.30. The fraction of sp³-hybridized carbons (Fsp3) is 0.591. The number of carboxylic acids is 1. The highest BCUT2D eigenvalue weighted by Crippen LogP contribution is 2.33. The Hall–Kier alpha value is -1.97. The molecule has 3 fully saturated rings. The van der Waals surface area contributed by atoms with Crippen LogP contribution in [0.15, 0.2) is 29.8 Å². The van der Waals surface area contributed by atoms with Crippen molar-refractivity contribution in [2.45, 2.75) is 68.9 Å². The summed E-state index contributed by atoms with van der Waals surface area (Å²) in [5.74, 6) is -1.05. The summed E-state index contributed by atoms with van der Waals surface area (Å²) in [5.41, 5.74) is 2.37. The second kappa shape index (κ2) is 9.03. The molecule has 1 aromatic carbocycles. The standard InChI is InChI=1S/C22H29NO7/c24-17-18(25)20(21(27)28)30-22(19(17)26)29-15-7-3-5-13(12-15)11-14-6-1-2-8-16(14)23-9-4-10-23/h3,5,7,11-12,16-20,22,24-26H,1-2,4,6,8-10H2,(H,27,28)/b14-11+/t16-,17-,18-,19+,20-,22+/m0/s1. The lowest BCUT2D eigenvalue weighted by atomic mass is 9.86. The normalized spacial score (nSPS) is 36.3. The molecule has 0 aromatic heterocycles. The summed E-state index contributed by atoms with van der Waals surface area (Å²) < 4.78 is 10.9. The average molecular weight is 419 g/mol. The Bertz CT molecular complexity index is 793. The highest BCUT2D eigenvalue weighted by atomic mass is 16.7. The Kier molecular flexibility index (Phi) is 6.40. The number of ether oxygens (including phenoxy) is 2. The zero-order valence-corrected chi connectivity index (χ0v) is 16.8. The van der Waals surface area contributed by atoms with Crippen molar-refractivity contribution in [3.63, 3.8) is 0 Å². The van der Waals surface area contributed by atoms with Crippen molar-refractivity contribution in [3.8, 4) is 5.75 Å². The van der Waals surface area contributed by atoms with Crippen LogP contribution in [0.25, 0.3) is 6.08 Å². The fourth-order valence-electron chi connectivity index (χ4n) is 4.43. The maximum Gasteiger partial charge on any atom is 0.335 e. The van der Waals surface area contributed by atoms with Crippen molar-refractivity contribution in [1.29, 1.82) is 0 Å². The number of carboxylic acid groups (broad SMARTS) is 1. The molecule has 2 heterocycles. The number of aliphatic carboxylic acids is 1. The van der Waals surface area contributed by atoms with E-state index in [0.29, 0.717) is 11.8 Å². The Balaban J connectivity index is 1.49. The first-order valence-corrected chi connectivity index (χ1v) is 10.6. The molecule has 4 rings (SSSR count). The first-order valence-electron chi connectivity index (χ1n) is 10.6. The minimum absolute atomic E-state index is 0.387. The lowest BCUT2D eigenvalue weighted by Crippen LogP contribution is -2.61. The van der Waals surface area contributed by atoms with Crippen LogP contribution in [-0.4, -0.2) is 81.1 Å². The van der Waals surface area contributed by atoms with E-state index in [4.69, 9.17) is 9.47 Å². The van der Waals surface area contributed by atoms with E-state index in [2.05, 4.69) is 11.0 Å². The molecule has 0 spiro atoms. The molecule has 1 aromatic rings. The van der Waals surface area contributed by atoms with Crippen LogP contribution in [0.3, 0.4) is 0 Å². The highest BCUT2D eigenvalue weighted by molar-refractivity contribution is 5.73. The molecule has 6 atom stereocenters. The second-order valence-electron chi connectivity index (χ2n) is 8.30. The Morgan fingerprint density at radius 3 is 2.60 bits per heavy atom. The number of aliphatic hydroxyl groups excluding tert-OH is 3. The SMILES string of the molecule is O=C(O)[C@H]1O[C@@H](Oc2cccc(/C=C3\CCCC[C@@H]3N3CCC3)c2)[C@H](O)[C@@H](O)[C@@H]1O. The fourth-order valence-corrected chi connectivity index (χ4v) is 4.43. The molecule has 0 amide bonds. The van der Waals surface area contributed by atoms with E-state index in [1.807, 2.05) is 12.1 Å². The van der Waals surface area contributed by atoms with E-state index in [1.165, 1.54) is 31.3 Å². The summed E-state index contributed by atoms with van der Waals surface area (Å²) in [5, 5.41) is 39.1. The lowest BCUT2D eigenvalue weighted by molar-refractivity contribution is -0.271. The Morgan fingerprint density at radius 1 is 1.10 bits per heavy atom. The largest absolute Gasteiger partial charge is 0.479 e.